The van der Waals surface area contributed by atoms with Crippen LogP contribution in [0.25, 0.3) is 0 Å². The van der Waals surface area contributed by atoms with Crippen molar-refractivity contribution in [1.29, 1.82) is 0 Å². The van der Waals surface area contributed by atoms with Gasteiger partial charge in [-0.1, -0.05) is 42.5 Å². The Bertz CT molecular complexity index is 1030. The minimum absolute atomic E-state index is 0.0479. The first-order chi connectivity index (χ1) is 14.0. The molecule has 0 spiro atoms. The Hall–Kier alpha value is -3.58. The zero-order valence-electron chi connectivity index (χ0n) is 15.2. The van der Waals surface area contributed by atoms with Gasteiger partial charge in [-0.15, -0.1) is 0 Å². The van der Waals surface area contributed by atoms with Crippen molar-refractivity contribution in [3.63, 3.8) is 0 Å². The monoisotopic (exact) mass is 396 g/mol. The summed E-state index contributed by atoms with van der Waals surface area (Å²) in [5.74, 6) is -2.52. The number of benzene rings is 3. The molecule has 0 heterocycles. The number of hydrogen-bond acceptors (Lipinski definition) is 4. The second kappa shape index (κ2) is 9.07. The van der Waals surface area contributed by atoms with Gasteiger partial charge < -0.3 is 15.7 Å². The van der Waals surface area contributed by atoms with Crippen LogP contribution in [-0.2, 0) is 4.79 Å². The minimum Gasteiger partial charge on any atom is -0.380 e. The van der Waals surface area contributed by atoms with Gasteiger partial charge in [0.15, 0.2) is 5.78 Å². The molecule has 1 atom stereocenters. The molecule has 0 saturated heterocycles. The molecular formula is C22H18F2N2O3. The summed E-state index contributed by atoms with van der Waals surface area (Å²) in [6, 6.07) is 17.3. The molecule has 3 N–H and O–H groups in total. The summed E-state index contributed by atoms with van der Waals surface area (Å²) in [4.78, 5) is 24.9. The summed E-state index contributed by atoms with van der Waals surface area (Å²) in [5.41, 5.74) is 0.380. The number of Topliss-reactive ketones (excluding diaryl/α,β-unsaturated/α-hetero) is 1. The highest BCUT2D eigenvalue weighted by molar-refractivity contribution is 6.07. The maximum absolute atomic E-state index is 13.7. The number of carbonyl (C=O) groups excluding carboxylic acids is 2. The van der Waals surface area contributed by atoms with Crippen molar-refractivity contribution in [2.45, 2.75) is 6.10 Å². The molecule has 148 valence electrons. The van der Waals surface area contributed by atoms with E-state index in [-0.39, 0.29) is 23.5 Å². The zero-order valence-corrected chi connectivity index (χ0v) is 15.2. The summed E-state index contributed by atoms with van der Waals surface area (Å²) < 4.78 is 27.3. The smallest absolute Gasteiger partial charge is 0.243 e. The quantitative estimate of drug-likeness (QED) is 0.529. The van der Waals surface area contributed by atoms with Gasteiger partial charge in [0.2, 0.25) is 5.91 Å². The van der Waals surface area contributed by atoms with Gasteiger partial charge in [-0.05, 0) is 35.9 Å². The molecule has 3 rings (SSSR count). The van der Waals surface area contributed by atoms with Crippen LogP contribution in [0.4, 0.5) is 20.2 Å². The molecule has 0 aliphatic carbocycles. The van der Waals surface area contributed by atoms with Gasteiger partial charge in [0.05, 0.1) is 17.9 Å². The first-order valence-corrected chi connectivity index (χ1v) is 8.80. The van der Waals surface area contributed by atoms with E-state index in [0.717, 1.165) is 12.1 Å². The summed E-state index contributed by atoms with van der Waals surface area (Å²) in [7, 11) is 0. The maximum atomic E-state index is 13.7. The van der Waals surface area contributed by atoms with Crippen LogP contribution in [0.2, 0.25) is 0 Å². The molecule has 7 heteroatoms. The highest BCUT2D eigenvalue weighted by atomic mass is 19.1. The lowest BCUT2D eigenvalue weighted by Crippen LogP contribution is -2.24. The molecule has 0 saturated carbocycles. The Morgan fingerprint density at radius 2 is 1.59 bits per heavy atom. The van der Waals surface area contributed by atoms with E-state index in [9.17, 15) is 23.5 Å². The van der Waals surface area contributed by atoms with Crippen LogP contribution in [0.1, 0.15) is 22.0 Å². The molecule has 0 aliphatic rings. The number of anilines is 2. The summed E-state index contributed by atoms with van der Waals surface area (Å²) in [6.07, 6.45) is -1.51. The molecule has 5 nitrogen and oxygen atoms in total. The molecule has 29 heavy (non-hydrogen) atoms. The van der Waals surface area contributed by atoms with Crippen molar-refractivity contribution < 1.29 is 23.5 Å². The van der Waals surface area contributed by atoms with Gasteiger partial charge in [0.25, 0.3) is 0 Å². The minimum atomic E-state index is -1.51. The van der Waals surface area contributed by atoms with Gasteiger partial charge in [0.1, 0.15) is 17.7 Å². The van der Waals surface area contributed by atoms with E-state index in [4.69, 9.17) is 0 Å². The number of ketones is 1. The SMILES string of the molecule is O=C(CNc1ccccc1F)Nc1ccc(F)cc1C(=O)C(O)c1ccccc1. The highest BCUT2D eigenvalue weighted by Gasteiger charge is 2.23. The maximum Gasteiger partial charge on any atom is 0.243 e. The standard InChI is InChI=1S/C22H18F2N2O3/c23-15-10-11-18(26-20(27)13-25-19-9-5-4-8-17(19)24)16(12-15)22(29)21(28)14-6-2-1-3-7-14/h1-12,21,25,28H,13H2,(H,26,27). The Kier molecular flexibility index (Phi) is 6.31. The van der Waals surface area contributed by atoms with Gasteiger partial charge >= 0.3 is 0 Å². The molecule has 1 unspecified atom stereocenters. The number of nitrogens with one attached hydrogen (secondary N) is 2. The van der Waals surface area contributed by atoms with Crippen LogP contribution in [0.3, 0.4) is 0 Å². The van der Waals surface area contributed by atoms with Crippen LogP contribution in [0.5, 0.6) is 0 Å². The molecule has 3 aromatic rings. The van der Waals surface area contributed by atoms with E-state index in [1.165, 1.54) is 24.3 Å². The predicted molar refractivity (Wildman–Crippen MR) is 106 cm³/mol. The average molecular weight is 396 g/mol. The summed E-state index contributed by atoms with van der Waals surface area (Å²) in [5, 5.41) is 15.5. The van der Waals surface area contributed by atoms with Crippen molar-refractivity contribution >= 4 is 23.1 Å². The second-order valence-corrected chi connectivity index (χ2v) is 6.25. The van der Waals surface area contributed by atoms with E-state index in [2.05, 4.69) is 10.6 Å². The molecule has 0 aromatic heterocycles. The lowest BCUT2D eigenvalue weighted by Gasteiger charge is -2.15. The van der Waals surface area contributed by atoms with Crippen LogP contribution in [-0.4, -0.2) is 23.3 Å². The number of aliphatic hydroxyl groups is 1. The van der Waals surface area contributed by atoms with E-state index < -0.39 is 29.4 Å². The normalized spacial score (nSPS) is 11.6. The summed E-state index contributed by atoms with van der Waals surface area (Å²) in [6.45, 7) is -0.271. The molecule has 0 radical (unpaired) electrons. The largest absolute Gasteiger partial charge is 0.380 e. The average Bonchev–Trinajstić information content (AvgIpc) is 2.74. The molecule has 1 amide bonds. The van der Waals surface area contributed by atoms with Crippen molar-refractivity contribution in [1.82, 2.24) is 0 Å². The Morgan fingerprint density at radius 1 is 0.897 bits per heavy atom. The van der Waals surface area contributed by atoms with E-state index in [0.29, 0.717) is 5.56 Å². The third-order valence-electron chi connectivity index (χ3n) is 4.20. The number of carbonyl (C=O) groups is 2. The van der Waals surface area contributed by atoms with Crippen LogP contribution in [0.15, 0.2) is 72.8 Å². The number of aliphatic hydroxyl groups excluding tert-OH is 1. The number of para-hydroxylation sites is 1. The van der Waals surface area contributed by atoms with Gasteiger partial charge in [-0.3, -0.25) is 9.59 Å². The molecule has 0 bridgehead atoms. The third-order valence-corrected chi connectivity index (χ3v) is 4.20. The Labute approximate surface area is 166 Å². The lowest BCUT2D eigenvalue weighted by atomic mass is 9.98. The topological polar surface area (TPSA) is 78.4 Å². The third kappa shape index (κ3) is 5.03. The lowest BCUT2D eigenvalue weighted by molar-refractivity contribution is -0.114. The molecular weight excluding hydrogens is 378 g/mol. The molecule has 0 aliphatic heterocycles. The van der Waals surface area contributed by atoms with Gasteiger partial charge in [0, 0.05) is 5.56 Å². The van der Waals surface area contributed by atoms with E-state index in [1.807, 2.05) is 0 Å². The fraction of sp³-hybridized carbons (Fsp3) is 0.0909. The number of amides is 1. The van der Waals surface area contributed by atoms with Gasteiger partial charge in [-0.25, -0.2) is 8.78 Å². The van der Waals surface area contributed by atoms with Crippen LogP contribution < -0.4 is 10.6 Å². The first-order valence-electron chi connectivity index (χ1n) is 8.80. The fourth-order valence-corrected chi connectivity index (χ4v) is 2.74. The number of rotatable bonds is 7. The van der Waals surface area contributed by atoms with E-state index >= 15 is 0 Å². The molecule has 0 fully saturated rings. The summed E-state index contributed by atoms with van der Waals surface area (Å²) >= 11 is 0. The van der Waals surface area contributed by atoms with Crippen molar-refractivity contribution in [3.05, 3.63) is 95.6 Å². The number of hydrogen-bond donors (Lipinski definition) is 3. The first kappa shape index (κ1) is 20.2. The van der Waals surface area contributed by atoms with Gasteiger partial charge in [-0.2, -0.15) is 0 Å². The fourth-order valence-electron chi connectivity index (χ4n) is 2.74. The zero-order chi connectivity index (χ0) is 20.8. The second-order valence-electron chi connectivity index (χ2n) is 6.25. The predicted octanol–water partition coefficient (Wildman–Crippen LogP) is 3.93. The van der Waals surface area contributed by atoms with Crippen molar-refractivity contribution in [3.8, 4) is 0 Å². The van der Waals surface area contributed by atoms with Crippen molar-refractivity contribution in [2.24, 2.45) is 0 Å². The van der Waals surface area contributed by atoms with Crippen molar-refractivity contribution in [2.75, 3.05) is 17.2 Å². The highest BCUT2D eigenvalue weighted by Crippen LogP contribution is 2.25. The van der Waals surface area contributed by atoms with Crippen LogP contribution in [0, 0.1) is 11.6 Å². The van der Waals surface area contributed by atoms with Crippen LogP contribution >= 0.6 is 0 Å². The Balaban J connectivity index is 1.75. The van der Waals surface area contributed by atoms with E-state index in [1.54, 1.807) is 36.4 Å². The molecule has 3 aromatic carbocycles. The Morgan fingerprint density at radius 3 is 2.31 bits per heavy atom. The number of halogens is 2.